The number of nitrogens with one attached hydrogen (secondary N) is 2. The highest BCUT2D eigenvalue weighted by Crippen LogP contribution is 2.59. The summed E-state index contributed by atoms with van der Waals surface area (Å²) in [5.41, 5.74) is -0.000376. The standard InChI is InChI=1S/C21H23F3N4O2/c1-13-11-25-17(27-13)19(30)28-8-6-20(7-9-28)10-16(20)18(29)26-12-14-4-2-3-5-15(14)21(22,23)24/h2-5,11,16H,6-10,12H2,1H3,(H,25,27)(H,26,29). The molecular weight excluding hydrogens is 397 g/mol. The summed E-state index contributed by atoms with van der Waals surface area (Å²) in [7, 11) is 0. The maximum absolute atomic E-state index is 13.1. The third-order valence-corrected chi connectivity index (χ3v) is 6.23. The van der Waals surface area contributed by atoms with Gasteiger partial charge in [-0.1, -0.05) is 18.2 Å². The van der Waals surface area contributed by atoms with E-state index < -0.39 is 11.7 Å². The normalized spacial score (nSPS) is 20.3. The molecular formula is C21H23F3N4O2. The van der Waals surface area contributed by atoms with Crippen LogP contribution < -0.4 is 5.32 Å². The van der Waals surface area contributed by atoms with Crippen molar-refractivity contribution >= 4 is 11.8 Å². The lowest BCUT2D eigenvalue weighted by Gasteiger charge is -2.32. The molecule has 1 saturated carbocycles. The molecule has 2 N–H and O–H groups in total. The molecule has 0 bridgehead atoms. The first kappa shape index (κ1) is 20.4. The van der Waals surface area contributed by atoms with Gasteiger partial charge in [0.25, 0.3) is 5.91 Å². The minimum atomic E-state index is -4.45. The Hall–Kier alpha value is -2.84. The smallest absolute Gasteiger partial charge is 0.352 e. The van der Waals surface area contributed by atoms with Gasteiger partial charge < -0.3 is 15.2 Å². The van der Waals surface area contributed by atoms with Crippen LogP contribution >= 0.6 is 0 Å². The fourth-order valence-electron chi connectivity index (χ4n) is 4.35. The average Bonchev–Trinajstić information content (AvgIpc) is 3.23. The van der Waals surface area contributed by atoms with E-state index in [1.807, 2.05) is 6.92 Å². The number of hydrogen-bond acceptors (Lipinski definition) is 3. The number of rotatable bonds is 4. The van der Waals surface area contributed by atoms with E-state index in [2.05, 4.69) is 15.3 Å². The molecule has 2 heterocycles. The molecule has 9 heteroatoms. The van der Waals surface area contributed by atoms with Crippen molar-refractivity contribution in [2.45, 2.75) is 38.9 Å². The van der Waals surface area contributed by atoms with E-state index in [1.54, 1.807) is 11.1 Å². The van der Waals surface area contributed by atoms with Crippen LogP contribution in [0.2, 0.25) is 0 Å². The number of H-pyrrole nitrogens is 1. The number of aromatic nitrogens is 2. The molecule has 2 fully saturated rings. The Labute approximate surface area is 171 Å². The number of aromatic amines is 1. The summed E-state index contributed by atoms with van der Waals surface area (Å²) in [6.45, 7) is 2.76. The lowest BCUT2D eigenvalue weighted by atomic mass is 9.90. The Balaban J connectivity index is 1.31. The van der Waals surface area contributed by atoms with Gasteiger partial charge in [-0.15, -0.1) is 0 Å². The number of piperidine rings is 1. The van der Waals surface area contributed by atoms with E-state index in [0.717, 1.165) is 11.8 Å². The van der Waals surface area contributed by atoms with Crippen molar-refractivity contribution in [1.82, 2.24) is 20.2 Å². The van der Waals surface area contributed by atoms with Crippen LogP contribution in [0.1, 0.15) is 46.7 Å². The average molecular weight is 420 g/mol. The van der Waals surface area contributed by atoms with Crippen LogP contribution in [0.3, 0.4) is 0 Å². The lowest BCUT2D eigenvalue weighted by molar-refractivity contribution is -0.138. The molecule has 1 atom stereocenters. The second-order valence-corrected chi connectivity index (χ2v) is 8.20. The number of carbonyl (C=O) groups excluding carboxylic acids is 2. The molecule has 4 rings (SSSR count). The van der Waals surface area contributed by atoms with Crippen molar-refractivity contribution in [3.63, 3.8) is 0 Å². The van der Waals surface area contributed by atoms with Gasteiger partial charge in [0.05, 0.1) is 5.56 Å². The maximum Gasteiger partial charge on any atom is 0.416 e. The summed E-state index contributed by atoms with van der Waals surface area (Å²) in [4.78, 5) is 33.8. The third-order valence-electron chi connectivity index (χ3n) is 6.23. The number of imidazole rings is 1. The highest BCUT2D eigenvalue weighted by Gasteiger charge is 2.58. The van der Waals surface area contributed by atoms with Crippen LogP contribution in [0, 0.1) is 18.3 Å². The van der Waals surface area contributed by atoms with E-state index in [9.17, 15) is 22.8 Å². The van der Waals surface area contributed by atoms with E-state index >= 15 is 0 Å². The van der Waals surface area contributed by atoms with Gasteiger partial charge in [0.15, 0.2) is 5.82 Å². The van der Waals surface area contributed by atoms with Crippen LogP contribution in [0.4, 0.5) is 13.2 Å². The SMILES string of the molecule is Cc1cnc(C(=O)N2CCC3(CC2)CC3C(=O)NCc2ccccc2C(F)(F)F)[nH]1. The second kappa shape index (κ2) is 7.45. The monoisotopic (exact) mass is 420 g/mol. The Morgan fingerprint density at radius 2 is 1.97 bits per heavy atom. The molecule has 2 amide bonds. The molecule has 0 radical (unpaired) electrons. The third kappa shape index (κ3) is 3.93. The van der Waals surface area contributed by atoms with Crippen molar-refractivity contribution < 1.29 is 22.8 Å². The van der Waals surface area contributed by atoms with Gasteiger partial charge in [0.2, 0.25) is 5.91 Å². The molecule has 160 valence electrons. The number of amides is 2. The molecule has 2 aromatic rings. The number of alkyl halides is 3. The fraction of sp³-hybridized carbons (Fsp3) is 0.476. The number of benzene rings is 1. The number of halogens is 3. The van der Waals surface area contributed by atoms with Gasteiger partial charge in [-0.25, -0.2) is 4.98 Å². The van der Waals surface area contributed by atoms with Crippen molar-refractivity contribution in [2.24, 2.45) is 11.3 Å². The van der Waals surface area contributed by atoms with Crippen LogP contribution in [-0.2, 0) is 17.5 Å². The lowest BCUT2D eigenvalue weighted by Crippen LogP contribution is -2.41. The van der Waals surface area contributed by atoms with Gasteiger partial charge in [-0.2, -0.15) is 13.2 Å². The first-order valence-corrected chi connectivity index (χ1v) is 9.93. The quantitative estimate of drug-likeness (QED) is 0.797. The van der Waals surface area contributed by atoms with Gasteiger partial charge in [-0.05, 0) is 43.2 Å². The van der Waals surface area contributed by atoms with E-state index in [1.165, 1.54) is 18.2 Å². The number of carbonyl (C=O) groups is 2. The van der Waals surface area contributed by atoms with Gasteiger partial charge in [0.1, 0.15) is 0 Å². The Bertz CT molecular complexity index is 961. The molecule has 1 aliphatic carbocycles. The number of hydrogen-bond donors (Lipinski definition) is 2. The van der Waals surface area contributed by atoms with Gasteiger partial charge in [0, 0.05) is 37.4 Å². The molecule has 1 spiro atoms. The minimum Gasteiger partial charge on any atom is -0.352 e. The number of aryl methyl sites for hydroxylation is 1. The Morgan fingerprint density at radius 1 is 1.27 bits per heavy atom. The molecule has 1 aliphatic heterocycles. The predicted octanol–water partition coefficient (Wildman–Crippen LogP) is 3.30. The first-order chi connectivity index (χ1) is 14.2. The van der Waals surface area contributed by atoms with Crippen molar-refractivity contribution in [3.8, 4) is 0 Å². The zero-order valence-electron chi connectivity index (χ0n) is 16.6. The molecule has 2 aliphatic rings. The number of nitrogens with zero attached hydrogens (tertiary/aromatic N) is 2. The van der Waals surface area contributed by atoms with Crippen LogP contribution in [0.5, 0.6) is 0 Å². The first-order valence-electron chi connectivity index (χ1n) is 9.93. The van der Waals surface area contributed by atoms with Gasteiger partial charge in [-0.3, -0.25) is 9.59 Å². The second-order valence-electron chi connectivity index (χ2n) is 8.20. The van der Waals surface area contributed by atoms with Crippen molar-refractivity contribution in [2.75, 3.05) is 13.1 Å². The predicted molar refractivity (Wildman–Crippen MR) is 102 cm³/mol. The zero-order valence-corrected chi connectivity index (χ0v) is 16.6. The van der Waals surface area contributed by atoms with E-state index in [0.29, 0.717) is 38.2 Å². The van der Waals surface area contributed by atoms with Crippen molar-refractivity contribution in [1.29, 1.82) is 0 Å². The minimum absolute atomic E-state index is 0.0576. The highest BCUT2D eigenvalue weighted by atomic mass is 19.4. The fourth-order valence-corrected chi connectivity index (χ4v) is 4.35. The molecule has 1 unspecified atom stereocenters. The maximum atomic E-state index is 13.1. The van der Waals surface area contributed by atoms with Crippen LogP contribution in [0.15, 0.2) is 30.5 Å². The summed E-state index contributed by atoms with van der Waals surface area (Å²) in [6, 6.07) is 5.27. The summed E-state index contributed by atoms with van der Waals surface area (Å²) < 4.78 is 39.3. The topological polar surface area (TPSA) is 78.1 Å². The number of likely N-dealkylation sites (tertiary alicyclic amines) is 1. The summed E-state index contributed by atoms with van der Waals surface area (Å²) in [6.07, 6.45) is -0.724. The largest absolute Gasteiger partial charge is 0.416 e. The molecule has 1 aromatic carbocycles. The van der Waals surface area contributed by atoms with Crippen LogP contribution in [0.25, 0.3) is 0 Å². The molecule has 1 saturated heterocycles. The Kier molecular flexibility index (Phi) is 5.07. The van der Waals surface area contributed by atoms with E-state index in [4.69, 9.17) is 0 Å². The molecule has 6 nitrogen and oxygen atoms in total. The van der Waals surface area contributed by atoms with Crippen molar-refractivity contribution in [3.05, 3.63) is 53.1 Å². The summed E-state index contributed by atoms with van der Waals surface area (Å²) in [5, 5.41) is 2.67. The molecule has 30 heavy (non-hydrogen) atoms. The van der Waals surface area contributed by atoms with Gasteiger partial charge >= 0.3 is 6.18 Å². The summed E-state index contributed by atoms with van der Waals surface area (Å²) in [5.74, 6) is -0.257. The van der Waals surface area contributed by atoms with Crippen LogP contribution in [-0.4, -0.2) is 39.8 Å². The Morgan fingerprint density at radius 3 is 2.60 bits per heavy atom. The molecule has 1 aromatic heterocycles. The zero-order chi connectivity index (χ0) is 21.5. The summed E-state index contributed by atoms with van der Waals surface area (Å²) >= 11 is 0. The highest BCUT2D eigenvalue weighted by molar-refractivity contribution is 5.90. The van der Waals surface area contributed by atoms with E-state index in [-0.39, 0.29) is 35.3 Å².